The van der Waals surface area contributed by atoms with Gasteiger partial charge in [0, 0.05) is 32.6 Å². The van der Waals surface area contributed by atoms with Gasteiger partial charge in [0.1, 0.15) is 5.54 Å². The van der Waals surface area contributed by atoms with E-state index in [1.54, 1.807) is 11.3 Å². The van der Waals surface area contributed by atoms with E-state index < -0.39 is 5.54 Å². The van der Waals surface area contributed by atoms with E-state index in [2.05, 4.69) is 31.3 Å². The average Bonchev–Trinajstić information content (AvgIpc) is 3.51. The van der Waals surface area contributed by atoms with Gasteiger partial charge in [0.2, 0.25) is 17.6 Å². The first-order valence-electron chi connectivity index (χ1n) is 10.7. The number of thiophene rings is 1. The number of rotatable bonds is 8. The number of aromatic nitrogens is 2. The maximum absolute atomic E-state index is 12.4. The van der Waals surface area contributed by atoms with E-state index in [4.69, 9.17) is 4.52 Å². The fourth-order valence-electron chi connectivity index (χ4n) is 4.24. The van der Waals surface area contributed by atoms with Crippen LogP contribution in [0, 0.1) is 11.3 Å². The Hall–Kier alpha value is -2.28. The minimum Gasteiger partial charge on any atom is -0.339 e. The topological polar surface area (TPSA) is 98.3 Å². The van der Waals surface area contributed by atoms with Crippen LogP contribution in [-0.2, 0) is 11.2 Å². The highest BCUT2D eigenvalue weighted by atomic mass is 32.1. The molecule has 2 aromatic heterocycles. The number of aryl methyl sites for hydroxylation is 1. The molecule has 1 aliphatic heterocycles. The summed E-state index contributed by atoms with van der Waals surface area (Å²) in [4.78, 5) is 22.5. The highest BCUT2D eigenvalue weighted by Gasteiger charge is 2.35. The predicted molar refractivity (Wildman–Crippen MR) is 114 cm³/mol. The first-order chi connectivity index (χ1) is 14.7. The number of nitrogens with zero attached hydrogens (tertiary/aromatic N) is 5. The van der Waals surface area contributed by atoms with Crippen LogP contribution in [0.2, 0.25) is 0 Å². The van der Waals surface area contributed by atoms with Crippen LogP contribution in [0.15, 0.2) is 22.0 Å². The van der Waals surface area contributed by atoms with Gasteiger partial charge in [-0.2, -0.15) is 10.2 Å². The maximum Gasteiger partial charge on any atom is 0.235 e. The molecule has 0 atom stereocenters. The lowest BCUT2D eigenvalue weighted by atomic mass is 10.00. The van der Waals surface area contributed by atoms with Crippen LogP contribution < -0.4 is 5.32 Å². The normalized spacial score (nSPS) is 19.6. The van der Waals surface area contributed by atoms with Gasteiger partial charge >= 0.3 is 0 Å². The number of amides is 1. The van der Waals surface area contributed by atoms with E-state index in [-0.39, 0.29) is 5.91 Å². The number of nitriles is 1. The zero-order valence-corrected chi connectivity index (χ0v) is 18.0. The second-order valence-electron chi connectivity index (χ2n) is 8.16. The van der Waals surface area contributed by atoms with Crippen LogP contribution in [0.3, 0.4) is 0 Å². The van der Waals surface area contributed by atoms with E-state index in [0.717, 1.165) is 76.1 Å². The highest BCUT2D eigenvalue weighted by molar-refractivity contribution is 7.13. The third kappa shape index (κ3) is 5.25. The minimum absolute atomic E-state index is 0.0233. The van der Waals surface area contributed by atoms with Crippen molar-refractivity contribution in [3.8, 4) is 16.8 Å². The molecule has 4 rings (SSSR count). The Kier molecular flexibility index (Phi) is 6.77. The highest BCUT2D eigenvalue weighted by Crippen LogP contribution is 2.28. The van der Waals surface area contributed by atoms with Crippen molar-refractivity contribution >= 4 is 17.2 Å². The summed E-state index contributed by atoms with van der Waals surface area (Å²) >= 11 is 1.61. The third-order valence-corrected chi connectivity index (χ3v) is 6.82. The van der Waals surface area contributed by atoms with Gasteiger partial charge in [-0.25, -0.2) is 0 Å². The minimum atomic E-state index is -0.628. The first-order valence-corrected chi connectivity index (χ1v) is 11.6. The van der Waals surface area contributed by atoms with Crippen molar-refractivity contribution < 1.29 is 9.32 Å². The van der Waals surface area contributed by atoms with Gasteiger partial charge in [-0.1, -0.05) is 11.2 Å². The first kappa shape index (κ1) is 21.0. The average molecular weight is 429 g/mol. The number of nitrogens with one attached hydrogen (secondary N) is 1. The summed E-state index contributed by atoms with van der Waals surface area (Å²) in [5.41, 5.74) is -0.628. The number of piperazine rings is 1. The molecule has 0 bridgehead atoms. The fraction of sp³-hybridized carbons (Fsp3) is 0.619. The number of carbonyl (C=O) groups is 1. The molecule has 1 saturated carbocycles. The van der Waals surface area contributed by atoms with Crippen molar-refractivity contribution in [3.63, 3.8) is 0 Å². The molecule has 2 fully saturated rings. The molecule has 1 amide bonds. The van der Waals surface area contributed by atoms with Crippen molar-refractivity contribution in [2.24, 2.45) is 0 Å². The molecular weight excluding hydrogens is 400 g/mol. The molecular formula is C21H28N6O2S. The van der Waals surface area contributed by atoms with Crippen molar-refractivity contribution in [1.82, 2.24) is 25.3 Å². The predicted octanol–water partition coefficient (Wildman–Crippen LogP) is 2.30. The zero-order valence-electron chi connectivity index (χ0n) is 17.2. The van der Waals surface area contributed by atoms with Gasteiger partial charge in [0.25, 0.3) is 0 Å². The number of hydrogen-bond donors (Lipinski definition) is 1. The molecule has 1 aliphatic carbocycles. The van der Waals surface area contributed by atoms with E-state index in [1.165, 1.54) is 0 Å². The number of hydrogen-bond acceptors (Lipinski definition) is 8. The van der Waals surface area contributed by atoms with Gasteiger partial charge in [-0.3, -0.25) is 9.69 Å². The molecule has 0 unspecified atom stereocenters. The molecule has 2 aliphatic rings. The monoisotopic (exact) mass is 428 g/mol. The van der Waals surface area contributed by atoms with Gasteiger partial charge in [-0.15, -0.1) is 11.3 Å². The molecule has 9 heteroatoms. The van der Waals surface area contributed by atoms with Crippen LogP contribution in [0.4, 0.5) is 0 Å². The van der Waals surface area contributed by atoms with Gasteiger partial charge in [-0.05, 0) is 50.1 Å². The van der Waals surface area contributed by atoms with E-state index in [1.807, 2.05) is 17.5 Å². The lowest BCUT2D eigenvalue weighted by molar-refractivity contribution is -0.124. The Morgan fingerprint density at radius 2 is 2.03 bits per heavy atom. The summed E-state index contributed by atoms with van der Waals surface area (Å²) in [5, 5.41) is 18.5. The van der Waals surface area contributed by atoms with Crippen molar-refractivity contribution in [1.29, 1.82) is 5.26 Å². The second kappa shape index (κ2) is 9.69. The smallest absolute Gasteiger partial charge is 0.235 e. The van der Waals surface area contributed by atoms with Crippen molar-refractivity contribution in [2.75, 3.05) is 39.3 Å². The van der Waals surface area contributed by atoms with Crippen LogP contribution in [0.25, 0.3) is 10.7 Å². The largest absolute Gasteiger partial charge is 0.339 e. The Morgan fingerprint density at radius 3 is 2.73 bits per heavy atom. The Morgan fingerprint density at radius 1 is 1.27 bits per heavy atom. The Labute approximate surface area is 180 Å². The lowest BCUT2D eigenvalue weighted by Gasteiger charge is -2.34. The molecule has 0 radical (unpaired) electrons. The van der Waals surface area contributed by atoms with Crippen LogP contribution in [0.5, 0.6) is 0 Å². The van der Waals surface area contributed by atoms with Crippen molar-refractivity contribution in [2.45, 2.75) is 44.1 Å². The molecule has 3 heterocycles. The molecule has 0 aromatic carbocycles. The van der Waals surface area contributed by atoms with E-state index >= 15 is 0 Å². The summed E-state index contributed by atoms with van der Waals surface area (Å²) in [5.74, 6) is 1.33. The third-order valence-electron chi connectivity index (χ3n) is 5.96. The standard InChI is InChI=1S/C21H28N6O2S/c22-16-21(7-1-2-8-21)24-18(28)15-27-12-10-26(11-13-27)9-3-6-19-23-20(25-29-19)17-5-4-14-30-17/h4-5,14H,1-3,6-13,15H2,(H,24,28). The SMILES string of the molecule is N#CC1(NC(=O)CN2CCN(CCCc3nc(-c4cccs4)no3)CC2)CCCC1. The number of carbonyl (C=O) groups excluding carboxylic acids is 1. The summed E-state index contributed by atoms with van der Waals surface area (Å²) in [6, 6.07) is 6.30. The Balaban J connectivity index is 1.14. The summed E-state index contributed by atoms with van der Waals surface area (Å²) in [6.07, 6.45) is 5.33. The molecule has 8 nitrogen and oxygen atoms in total. The summed E-state index contributed by atoms with van der Waals surface area (Å²) in [6.45, 7) is 4.99. The molecule has 1 N–H and O–H groups in total. The molecule has 30 heavy (non-hydrogen) atoms. The van der Waals surface area contributed by atoms with E-state index in [9.17, 15) is 10.1 Å². The quantitative estimate of drug-likeness (QED) is 0.689. The van der Waals surface area contributed by atoms with Gasteiger partial charge in [0.15, 0.2) is 0 Å². The molecule has 0 spiro atoms. The molecule has 160 valence electrons. The van der Waals surface area contributed by atoms with E-state index in [0.29, 0.717) is 18.3 Å². The van der Waals surface area contributed by atoms with Gasteiger partial charge < -0.3 is 14.7 Å². The van der Waals surface area contributed by atoms with Crippen molar-refractivity contribution in [3.05, 3.63) is 23.4 Å². The lowest BCUT2D eigenvalue weighted by Crippen LogP contribution is -2.53. The van der Waals surface area contributed by atoms with Crippen LogP contribution in [-0.4, -0.2) is 70.7 Å². The summed E-state index contributed by atoms with van der Waals surface area (Å²) < 4.78 is 5.36. The maximum atomic E-state index is 12.4. The van der Waals surface area contributed by atoms with Gasteiger partial charge in [0.05, 0.1) is 17.5 Å². The molecule has 2 aromatic rings. The fourth-order valence-corrected chi connectivity index (χ4v) is 4.89. The molecule has 1 saturated heterocycles. The summed E-state index contributed by atoms with van der Waals surface area (Å²) in [7, 11) is 0. The van der Waals surface area contributed by atoms with Crippen LogP contribution in [0.1, 0.15) is 38.0 Å². The second-order valence-corrected chi connectivity index (χ2v) is 9.11. The van der Waals surface area contributed by atoms with Crippen LogP contribution >= 0.6 is 11.3 Å². The zero-order chi connectivity index (χ0) is 20.8. The Bertz CT molecular complexity index is 860.